The highest BCUT2D eigenvalue weighted by atomic mass is 35.5. The molecule has 2 aromatic carbocycles. The summed E-state index contributed by atoms with van der Waals surface area (Å²) in [6.07, 6.45) is 7.02. The third kappa shape index (κ3) is 6.24. The van der Waals surface area contributed by atoms with Gasteiger partial charge in [-0.1, -0.05) is 79.4 Å². The molecule has 0 radical (unpaired) electrons. The maximum atomic E-state index is 12.5. The smallest absolute Gasteiger partial charge is 0.287 e. The van der Waals surface area contributed by atoms with Crippen molar-refractivity contribution in [1.82, 2.24) is 10.2 Å². The highest BCUT2D eigenvalue weighted by Crippen LogP contribution is 2.28. The van der Waals surface area contributed by atoms with Crippen LogP contribution in [0.1, 0.15) is 59.5 Å². The molecule has 5 heteroatoms. The van der Waals surface area contributed by atoms with Crippen LogP contribution in [-0.2, 0) is 19.5 Å². The van der Waals surface area contributed by atoms with Crippen LogP contribution < -0.4 is 5.32 Å². The fraction of sp³-hybridized carbons (Fsp3) is 0.370. The summed E-state index contributed by atoms with van der Waals surface area (Å²) < 4.78 is 5.95. The molecule has 0 atom stereocenters. The normalized spacial score (nSPS) is 14.6. The molecular formula is C27H31ClN2O2. The molecule has 0 bridgehead atoms. The van der Waals surface area contributed by atoms with E-state index in [2.05, 4.69) is 28.4 Å². The van der Waals surface area contributed by atoms with Gasteiger partial charge in [0.2, 0.25) is 0 Å². The minimum atomic E-state index is -0.164. The van der Waals surface area contributed by atoms with E-state index in [0.29, 0.717) is 24.9 Å². The molecule has 1 aliphatic rings. The fourth-order valence-electron chi connectivity index (χ4n) is 4.44. The molecule has 1 saturated carbocycles. The van der Waals surface area contributed by atoms with Gasteiger partial charge in [0.25, 0.3) is 5.91 Å². The Morgan fingerprint density at radius 2 is 1.69 bits per heavy atom. The van der Waals surface area contributed by atoms with E-state index in [9.17, 15) is 4.79 Å². The highest BCUT2D eigenvalue weighted by molar-refractivity contribution is 6.31. The Morgan fingerprint density at radius 3 is 2.47 bits per heavy atom. The van der Waals surface area contributed by atoms with Gasteiger partial charge in [-0.2, -0.15) is 0 Å². The number of benzene rings is 2. The summed E-state index contributed by atoms with van der Waals surface area (Å²) in [4.78, 5) is 15.0. The number of amides is 1. The molecule has 1 amide bonds. The Hall–Kier alpha value is -2.56. The van der Waals surface area contributed by atoms with Gasteiger partial charge in [-0.25, -0.2) is 0 Å². The maximum absolute atomic E-state index is 12.5. The second kappa shape index (κ2) is 11.3. The summed E-state index contributed by atoms with van der Waals surface area (Å²) in [5.74, 6) is 1.02. The number of hydrogen-bond donors (Lipinski definition) is 1. The first-order valence-corrected chi connectivity index (χ1v) is 11.9. The van der Waals surface area contributed by atoms with Gasteiger partial charge in [0.1, 0.15) is 5.76 Å². The molecule has 4 rings (SSSR count). The fourth-order valence-corrected chi connectivity index (χ4v) is 4.64. The number of halogens is 1. The average molecular weight is 451 g/mol. The molecule has 0 spiro atoms. The molecule has 1 N–H and O–H groups in total. The van der Waals surface area contributed by atoms with E-state index in [1.54, 1.807) is 6.07 Å². The van der Waals surface area contributed by atoms with Gasteiger partial charge in [0, 0.05) is 24.2 Å². The van der Waals surface area contributed by atoms with Gasteiger partial charge in [0.05, 0.1) is 6.54 Å². The van der Waals surface area contributed by atoms with E-state index < -0.39 is 0 Å². The van der Waals surface area contributed by atoms with Gasteiger partial charge in [-0.05, 0) is 48.6 Å². The van der Waals surface area contributed by atoms with Gasteiger partial charge in [0.15, 0.2) is 5.76 Å². The molecule has 0 unspecified atom stereocenters. The monoisotopic (exact) mass is 450 g/mol. The zero-order valence-corrected chi connectivity index (χ0v) is 19.2. The molecule has 1 fully saturated rings. The standard InChI is InChI=1S/C27H31ClN2O2/c28-25-14-8-7-11-22(25)19-30(23-12-5-2-6-13-23)20-24-15-16-26(32-24)27(31)29-18-17-21-9-3-1-4-10-21/h1,3-4,7-11,14-16,23H,2,5-6,12-13,17-20H2,(H,29,31). The van der Waals surface area contributed by atoms with Crippen LogP contribution in [0.4, 0.5) is 0 Å². The molecule has 1 heterocycles. The predicted molar refractivity (Wildman–Crippen MR) is 129 cm³/mol. The van der Waals surface area contributed by atoms with Crippen molar-refractivity contribution in [3.63, 3.8) is 0 Å². The maximum Gasteiger partial charge on any atom is 0.287 e. The summed E-state index contributed by atoms with van der Waals surface area (Å²) in [5.41, 5.74) is 2.33. The van der Waals surface area contributed by atoms with Gasteiger partial charge >= 0.3 is 0 Å². The molecule has 3 aromatic rings. The molecule has 1 aliphatic carbocycles. The van der Waals surface area contributed by atoms with Crippen molar-refractivity contribution in [2.45, 2.75) is 57.7 Å². The number of carbonyl (C=O) groups excluding carboxylic acids is 1. The number of nitrogens with one attached hydrogen (secondary N) is 1. The first-order chi connectivity index (χ1) is 15.7. The van der Waals surface area contributed by atoms with Crippen molar-refractivity contribution >= 4 is 17.5 Å². The minimum absolute atomic E-state index is 0.164. The van der Waals surface area contributed by atoms with Crippen LogP contribution in [0.25, 0.3) is 0 Å². The van der Waals surface area contributed by atoms with E-state index in [-0.39, 0.29) is 5.91 Å². The zero-order chi connectivity index (χ0) is 22.2. The van der Waals surface area contributed by atoms with Gasteiger partial charge < -0.3 is 9.73 Å². The third-order valence-corrected chi connectivity index (χ3v) is 6.58. The molecule has 1 aromatic heterocycles. The molecule has 4 nitrogen and oxygen atoms in total. The molecular weight excluding hydrogens is 420 g/mol. The lowest BCUT2D eigenvalue weighted by molar-refractivity contribution is 0.0916. The second-order valence-electron chi connectivity index (χ2n) is 8.55. The number of carbonyl (C=O) groups is 1. The summed E-state index contributed by atoms with van der Waals surface area (Å²) in [7, 11) is 0. The lowest BCUT2D eigenvalue weighted by Crippen LogP contribution is -2.35. The lowest BCUT2D eigenvalue weighted by Gasteiger charge is -2.34. The van der Waals surface area contributed by atoms with Crippen LogP contribution in [-0.4, -0.2) is 23.4 Å². The molecule has 0 saturated heterocycles. The van der Waals surface area contributed by atoms with Crippen molar-refractivity contribution < 1.29 is 9.21 Å². The van der Waals surface area contributed by atoms with Crippen molar-refractivity contribution in [3.05, 3.63) is 94.4 Å². The SMILES string of the molecule is O=C(NCCc1ccccc1)c1ccc(CN(Cc2ccccc2Cl)C2CCCCC2)o1. The first kappa shape index (κ1) is 22.6. The summed E-state index contributed by atoms with van der Waals surface area (Å²) >= 11 is 6.45. The van der Waals surface area contributed by atoms with Crippen molar-refractivity contribution in [2.24, 2.45) is 0 Å². The lowest BCUT2D eigenvalue weighted by atomic mass is 9.93. The Morgan fingerprint density at radius 1 is 0.938 bits per heavy atom. The van der Waals surface area contributed by atoms with Gasteiger partial charge in [-0.15, -0.1) is 0 Å². The third-order valence-electron chi connectivity index (χ3n) is 6.21. The Balaban J connectivity index is 1.38. The Labute approximate surface area is 195 Å². The van der Waals surface area contributed by atoms with Gasteiger partial charge in [-0.3, -0.25) is 9.69 Å². The van der Waals surface area contributed by atoms with E-state index >= 15 is 0 Å². The zero-order valence-electron chi connectivity index (χ0n) is 18.4. The van der Waals surface area contributed by atoms with E-state index in [4.69, 9.17) is 16.0 Å². The first-order valence-electron chi connectivity index (χ1n) is 11.6. The second-order valence-corrected chi connectivity index (χ2v) is 8.95. The van der Waals surface area contributed by atoms with Crippen LogP contribution in [0.2, 0.25) is 5.02 Å². The topological polar surface area (TPSA) is 45.5 Å². The van der Waals surface area contributed by atoms with E-state index in [1.807, 2.05) is 42.5 Å². The van der Waals surface area contributed by atoms with Crippen molar-refractivity contribution in [3.8, 4) is 0 Å². The Bertz CT molecular complexity index is 996. The van der Waals surface area contributed by atoms with Crippen LogP contribution in [0.15, 0.2) is 71.1 Å². The predicted octanol–water partition coefficient (Wildman–Crippen LogP) is 6.24. The number of hydrogen-bond acceptors (Lipinski definition) is 3. The summed E-state index contributed by atoms with van der Waals surface area (Å²) in [5, 5.41) is 3.76. The number of nitrogens with zero attached hydrogens (tertiary/aromatic N) is 1. The number of furan rings is 1. The molecule has 32 heavy (non-hydrogen) atoms. The van der Waals surface area contributed by atoms with Crippen LogP contribution in [0.3, 0.4) is 0 Å². The largest absolute Gasteiger partial charge is 0.455 e. The summed E-state index contributed by atoms with van der Waals surface area (Å²) in [6, 6.07) is 22.4. The molecule has 168 valence electrons. The highest BCUT2D eigenvalue weighted by Gasteiger charge is 2.23. The molecule has 0 aliphatic heterocycles. The Kier molecular flexibility index (Phi) is 8.02. The minimum Gasteiger partial charge on any atom is -0.455 e. The summed E-state index contributed by atoms with van der Waals surface area (Å²) in [6.45, 7) is 2.04. The average Bonchev–Trinajstić information content (AvgIpc) is 3.30. The van der Waals surface area contributed by atoms with E-state index in [1.165, 1.54) is 37.7 Å². The quantitative estimate of drug-likeness (QED) is 0.419. The number of rotatable bonds is 9. The van der Waals surface area contributed by atoms with Crippen LogP contribution >= 0.6 is 11.6 Å². The van der Waals surface area contributed by atoms with Crippen LogP contribution in [0.5, 0.6) is 0 Å². The van der Waals surface area contributed by atoms with Crippen molar-refractivity contribution in [2.75, 3.05) is 6.54 Å². The van der Waals surface area contributed by atoms with E-state index in [0.717, 1.165) is 29.3 Å². The van der Waals surface area contributed by atoms with Crippen molar-refractivity contribution in [1.29, 1.82) is 0 Å². The van der Waals surface area contributed by atoms with Crippen LogP contribution in [0, 0.1) is 0 Å².